The van der Waals surface area contributed by atoms with Crippen LogP contribution >= 0.6 is 11.3 Å². The molecule has 2 amide bonds. The summed E-state index contributed by atoms with van der Waals surface area (Å²) in [6.45, 7) is 6.02. The average Bonchev–Trinajstić information content (AvgIpc) is 3.58. The SMILES string of the molecule is Cc1ccc(NC(=O)c2c(-n3c(C)cc(/C=N\NC(=O)C(O)(c4ccccc4)c4ccccc4)c3C)sc3c2CCCC3)cc1. The molecule has 0 saturated heterocycles. The normalized spacial score (nSPS) is 13.1. The van der Waals surface area contributed by atoms with Gasteiger partial charge in [0.1, 0.15) is 5.00 Å². The number of hydrazone groups is 1. The Labute approximate surface area is 267 Å². The van der Waals surface area contributed by atoms with Gasteiger partial charge in [-0.1, -0.05) is 78.4 Å². The van der Waals surface area contributed by atoms with Gasteiger partial charge in [0, 0.05) is 27.5 Å². The number of aryl methyl sites for hydroxylation is 3. The highest BCUT2D eigenvalue weighted by molar-refractivity contribution is 7.15. The molecule has 0 atom stereocenters. The maximum Gasteiger partial charge on any atom is 0.281 e. The van der Waals surface area contributed by atoms with Crippen molar-refractivity contribution in [3.63, 3.8) is 0 Å². The molecule has 2 heterocycles. The zero-order chi connectivity index (χ0) is 31.6. The molecule has 0 fully saturated rings. The maximum absolute atomic E-state index is 13.8. The molecule has 0 bridgehead atoms. The lowest BCUT2D eigenvalue weighted by Gasteiger charge is -2.27. The number of anilines is 1. The largest absolute Gasteiger partial charge is 0.372 e. The van der Waals surface area contributed by atoms with Gasteiger partial charge in [-0.25, -0.2) is 5.43 Å². The van der Waals surface area contributed by atoms with Crippen LogP contribution in [0.1, 0.15) is 67.3 Å². The van der Waals surface area contributed by atoms with Crippen LogP contribution in [0.25, 0.3) is 5.00 Å². The smallest absolute Gasteiger partial charge is 0.281 e. The average molecular weight is 617 g/mol. The van der Waals surface area contributed by atoms with Crippen LogP contribution in [0.5, 0.6) is 0 Å². The van der Waals surface area contributed by atoms with Crippen molar-refractivity contribution in [3.8, 4) is 5.00 Å². The van der Waals surface area contributed by atoms with E-state index in [0.29, 0.717) is 11.1 Å². The van der Waals surface area contributed by atoms with Crippen LogP contribution in [-0.4, -0.2) is 27.7 Å². The van der Waals surface area contributed by atoms with Crippen molar-refractivity contribution in [2.45, 2.75) is 52.1 Å². The van der Waals surface area contributed by atoms with Crippen molar-refractivity contribution in [2.75, 3.05) is 5.32 Å². The Morgan fingerprint density at radius 1 is 0.889 bits per heavy atom. The monoisotopic (exact) mass is 616 g/mol. The Hall–Kier alpha value is -4.79. The molecule has 5 aromatic rings. The molecular weight excluding hydrogens is 580 g/mol. The topological polar surface area (TPSA) is 95.7 Å². The van der Waals surface area contributed by atoms with E-state index in [0.717, 1.165) is 70.0 Å². The lowest BCUT2D eigenvalue weighted by atomic mass is 9.85. The third-order valence-corrected chi connectivity index (χ3v) is 9.72. The Morgan fingerprint density at radius 3 is 2.16 bits per heavy atom. The van der Waals surface area contributed by atoms with Crippen LogP contribution < -0.4 is 10.7 Å². The second-order valence-electron chi connectivity index (χ2n) is 11.5. The van der Waals surface area contributed by atoms with E-state index in [1.165, 1.54) is 4.88 Å². The van der Waals surface area contributed by atoms with Gasteiger partial charge in [0.15, 0.2) is 5.60 Å². The number of nitrogens with one attached hydrogen (secondary N) is 2. The molecule has 1 aliphatic carbocycles. The zero-order valence-electron chi connectivity index (χ0n) is 25.6. The molecule has 0 spiro atoms. The second-order valence-corrected chi connectivity index (χ2v) is 12.6. The number of aromatic nitrogens is 1. The van der Waals surface area contributed by atoms with Gasteiger partial charge in [-0.05, 0) is 81.3 Å². The first-order valence-corrected chi connectivity index (χ1v) is 16.0. The molecule has 228 valence electrons. The number of carbonyl (C=O) groups excluding carboxylic acids is 2. The van der Waals surface area contributed by atoms with Crippen molar-refractivity contribution >= 4 is 35.1 Å². The van der Waals surface area contributed by atoms with Crippen molar-refractivity contribution in [1.82, 2.24) is 9.99 Å². The van der Waals surface area contributed by atoms with E-state index < -0.39 is 11.5 Å². The van der Waals surface area contributed by atoms with Crippen LogP contribution in [-0.2, 0) is 23.2 Å². The first-order chi connectivity index (χ1) is 21.8. The number of amides is 2. The molecule has 45 heavy (non-hydrogen) atoms. The summed E-state index contributed by atoms with van der Waals surface area (Å²) in [6, 6.07) is 27.5. The van der Waals surface area contributed by atoms with Gasteiger partial charge in [0.2, 0.25) is 0 Å². The molecule has 0 saturated carbocycles. The number of fused-ring (bicyclic) bond motifs is 1. The molecule has 0 radical (unpaired) electrons. The molecule has 2 aromatic heterocycles. The fourth-order valence-corrected chi connectivity index (χ4v) is 7.53. The van der Waals surface area contributed by atoms with Gasteiger partial charge in [-0.3, -0.25) is 9.59 Å². The standard InChI is InChI=1S/C37H36N4O3S/c1-24-18-20-30(21-19-24)39-34(42)33-31-16-10-11-17-32(31)45-35(33)41-25(2)22-27(26(41)3)23-38-40-36(43)37(44,28-12-6-4-7-13-28)29-14-8-5-9-15-29/h4-9,12-15,18-23,44H,10-11,16-17H2,1-3H3,(H,39,42)(H,40,43)/b38-23-. The minimum Gasteiger partial charge on any atom is -0.372 e. The molecule has 7 nitrogen and oxygen atoms in total. The Kier molecular flexibility index (Phi) is 8.52. The minimum atomic E-state index is -1.92. The van der Waals surface area contributed by atoms with Crippen LogP contribution in [0.15, 0.2) is 96.1 Å². The number of benzene rings is 3. The third kappa shape index (κ3) is 5.87. The number of rotatable bonds is 8. The summed E-state index contributed by atoms with van der Waals surface area (Å²) in [7, 11) is 0. The summed E-state index contributed by atoms with van der Waals surface area (Å²) in [5.41, 5.74) is 7.96. The number of nitrogens with zero attached hydrogens (tertiary/aromatic N) is 2. The molecule has 3 aromatic carbocycles. The van der Waals surface area contributed by atoms with Crippen molar-refractivity contribution in [1.29, 1.82) is 0 Å². The summed E-state index contributed by atoms with van der Waals surface area (Å²) in [5.74, 6) is -0.768. The minimum absolute atomic E-state index is 0.107. The van der Waals surface area contributed by atoms with Gasteiger partial charge < -0.3 is 15.0 Å². The fraction of sp³-hybridized carbons (Fsp3) is 0.216. The molecule has 8 heteroatoms. The first kappa shape index (κ1) is 30.2. The lowest BCUT2D eigenvalue weighted by molar-refractivity contribution is -0.136. The van der Waals surface area contributed by atoms with E-state index in [1.807, 2.05) is 63.2 Å². The zero-order valence-corrected chi connectivity index (χ0v) is 26.4. The predicted molar refractivity (Wildman–Crippen MR) is 181 cm³/mol. The van der Waals surface area contributed by atoms with Crippen LogP contribution in [0, 0.1) is 20.8 Å². The van der Waals surface area contributed by atoms with E-state index in [2.05, 4.69) is 20.4 Å². The maximum atomic E-state index is 13.8. The Bertz CT molecular complexity index is 1830. The predicted octanol–water partition coefficient (Wildman–Crippen LogP) is 6.98. The highest BCUT2D eigenvalue weighted by atomic mass is 32.1. The summed E-state index contributed by atoms with van der Waals surface area (Å²) in [5, 5.41) is 20.0. The fourth-order valence-electron chi connectivity index (χ4n) is 6.03. The molecule has 3 N–H and O–H groups in total. The van der Waals surface area contributed by atoms with Gasteiger partial charge >= 0.3 is 0 Å². The van der Waals surface area contributed by atoms with E-state index in [1.54, 1.807) is 66.1 Å². The summed E-state index contributed by atoms with van der Waals surface area (Å²) >= 11 is 1.68. The summed E-state index contributed by atoms with van der Waals surface area (Å²) < 4.78 is 2.11. The third-order valence-electron chi connectivity index (χ3n) is 8.44. The number of hydrogen-bond donors (Lipinski definition) is 3. The van der Waals surface area contributed by atoms with Gasteiger partial charge in [-0.15, -0.1) is 11.3 Å². The number of carbonyl (C=O) groups is 2. The Balaban J connectivity index is 1.30. The van der Waals surface area contributed by atoms with E-state index in [-0.39, 0.29) is 5.91 Å². The second kappa shape index (κ2) is 12.7. The van der Waals surface area contributed by atoms with E-state index in [9.17, 15) is 14.7 Å². The van der Waals surface area contributed by atoms with E-state index in [4.69, 9.17) is 0 Å². The van der Waals surface area contributed by atoms with Gasteiger partial charge in [-0.2, -0.15) is 5.10 Å². The molecular formula is C37H36N4O3S. The van der Waals surface area contributed by atoms with Crippen molar-refractivity contribution in [2.24, 2.45) is 5.10 Å². The number of hydrogen-bond acceptors (Lipinski definition) is 5. The van der Waals surface area contributed by atoms with Crippen LogP contribution in [0.3, 0.4) is 0 Å². The van der Waals surface area contributed by atoms with Gasteiger partial charge in [0.05, 0.1) is 11.8 Å². The highest BCUT2D eigenvalue weighted by Gasteiger charge is 2.40. The van der Waals surface area contributed by atoms with Crippen LogP contribution in [0.2, 0.25) is 0 Å². The molecule has 0 aliphatic heterocycles. The molecule has 1 aliphatic rings. The van der Waals surface area contributed by atoms with Crippen molar-refractivity contribution in [3.05, 3.63) is 141 Å². The molecule has 0 unspecified atom stereocenters. The number of aliphatic hydroxyl groups is 1. The highest BCUT2D eigenvalue weighted by Crippen LogP contribution is 2.39. The summed E-state index contributed by atoms with van der Waals surface area (Å²) in [6.07, 6.45) is 5.62. The summed E-state index contributed by atoms with van der Waals surface area (Å²) in [4.78, 5) is 28.6. The first-order valence-electron chi connectivity index (χ1n) is 15.2. The van der Waals surface area contributed by atoms with Crippen molar-refractivity contribution < 1.29 is 14.7 Å². The van der Waals surface area contributed by atoms with E-state index >= 15 is 0 Å². The Morgan fingerprint density at radius 2 is 1.51 bits per heavy atom. The number of thiophene rings is 1. The van der Waals surface area contributed by atoms with Crippen LogP contribution in [0.4, 0.5) is 5.69 Å². The van der Waals surface area contributed by atoms with Gasteiger partial charge in [0.25, 0.3) is 11.8 Å². The lowest BCUT2D eigenvalue weighted by Crippen LogP contribution is -2.43. The quantitative estimate of drug-likeness (QED) is 0.130. The molecule has 6 rings (SSSR count).